The van der Waals surface area contributed by atoms with E-state index in [2.05, 4.69) is 23.7 Å². The number of hydrogen-bond acceptors (Lipinski definition) is 0. The van der Waals surface area contributed by atoms with Gasteiger partial charge in [0.2, 0.25) is 0 Å². The molecule has 0 nitrogen and oxygen atoms in total. The first-order valence-electron chi connectivity index (χ1n) is 10.1. The predicted octanol–water partition coefficient (Wildman–Crippen LogP) is 7.52. The third kappa shape index (κ3) is 5.00. The Labute approximate surface area is 196 Å². The van der Waals surface area contributed by atoms with Crippen LogP contribution < -0.4 is 0 Å². The Hall–Kier alpha value is -4.23. The molecule has 4 rings (SSSR count). The van der Waals surface area contributed by atoms with E-state index in [0.717, 1.165) is 0 Å². The van der Waals surface area contributed by atoms with E-state index in [-0.39, 0.29) is 11.1 Å². The van der Waals surface area contributed by atoms with Crippen molar-refractivity contribution >= 4 is 10.8 Å². The molecular weight excluding hydrogens is 469 g/mol. The second kappa shape index (κ2) is 9.19. The lowest BCUT2D eigenvalue weighted by Gasteiger charge is -2.09. The maximum absolute atomic E-state index is 14.1. The Morgan fingerprint density at radius 1 is 0.600 bits per heavy atom. The Morgan fingerprint density at radius 2 is 1.09 bits per heavy atom. The fourth-order valence-corrected chi connectivity index (χ4v) is 3.52. The zero-order valence-corrected chi connectivity index (χ0v) is 17.9. The van der Waals surface area contributed by atoms with Gasteiger partial charge in [0.15, 0.2) is 0 Å². The summed E-state index contributed by atoms with van der Waals surface area (Å²) in [5, 5.41) is 1.19. The van der Waals surface area contributed by atoms with E-state index in [1.807, 2.05) is 0 Å². The number of fused-ring (bicyclic) bond motifs is 1. The third-order valence-electron chi connectivity index (χ3n) is 5.10. The van der Waals surface area contributed by atoms with Gasteiger partial charge < -0.3 is 0 Å². The van der Waals surface area contributed by atoms with Crippen molar-refractivity contribution in [1.82, 2.24) is 0 Å². The highest BCUT2D eigenvalue weighted by atomic mass is 19.4. The first-order chi connectivity index (χ1) is 16.5. The highest BCUT2D eigenvalue weighted by molar-refractivity contribution is 5.93. The normalized spacial score (nSPS) is 11.0. The molecule has 0 amide bonds. The van der Waals surface area contributed by atoms with Gasteiger partial charge in [-0.05, 0) is 59.7 Å². The van der Waals surface area contributed by atoms with Crippen LogP contribution in [0.25, 0.3) is 10.8 Å². The maximum Gasteiger partial charge on any atom is 0.422 e. The van der Waals surface area contributed by atoms with Crippen molar-refractivity contribution in [2.24, 2.45) is 0 Å². The summed E-state index contributed by atoms with van der Waals surface area (Å²) in [6.07, 6.45) is -5.17. The van der Waals surface area contributed by atoms with Crippen LogP contribution in [0.5, 0.6) is 0 Å². The third-order valence-corrected chi connectivity index (χ3v) is 5.10. The molecule has 0 spiro atoms. The van der Waals surface area contributed by atoms with Gasteiger partial charge in [-0.15, -0.1) is 0 Å². The van der Waals surface area contributed by atoms with Crippen molar-refractivity contribution < 1.29 is 30.7 Å². The highest BCUT2D eigenvalue weighted by Crippen LogP contribution is 2.34. The molecule has 0 aliphatic rings. The molecule has 0 radical (unpaired) electrons. The Kier molecular flexibility index (Phi) is 6.28. The van der Waals surface area contributed by atoms with Crippen LogP contribution in [0.2, 0.25) is 0 Å². The van der Waals surface area contributed by atoms with Gasteiger partial charge in [-0.3, -0.25) is 0 Å². The van der Waals surface area contributed by atoms with E-state index in [4.69, 9.17) is 0 Å². The fraction of sp³-hybridized carbons (Fsp3) is 0.0714. The molecule has 0 heterocycles. The van der Waals surface area contributed by atoms with Crippen molar-refractivity contribution in [2.75, 3.05) is 0 Å². The second-order valence-electron chi connectivity index (χ2n) is 7.62. The summed E-state index contributed by atoms with van der Waals surface area (Å²) in [5.74, 6) is 5.39. The summed E-state index contributed by atoms with van der Waals surface area (Å²) in [4.78, 5) is 0. The lowest BCUT2D eigenvalue weighted by molar-refractivity contribution is -0.142. The van der Waals surface area contributed by atoms with Crippen molar-refractivity contribution in [2.45, 2.75) is 13.1 Å². The Morgan fingerprint density at radius 3 is 1.57 bits per heavy atom. The van der Waals surface area contributed by atoms with Crippen LogP contribution in [-0.4, -0.2) is 0 Å². The topological polar surface area (TPSA) is 0 Å². The molecule has 35 heavy (non-hydrogen) atoms. The molecular formula is C28H13F7. The number of benzene rings is 4. The summed E-state index contributed by atoms with van der Waals surface area (Å²) in [6, 6.07) is 13.4. The molecule has 0 atom stereocenters. The second-order valence-corrected chi connectivity index (χ2v) is 7.62. The van der Waals surface area contributed by atoms with Gasteiger partial charge >= 0.3 is 6.18 Å². The molecule has 4 aromatic carbocycles. The number of aryl methyl sites for hydroxylation is 1. The molecule has 0 fully saturated rings. The van der Waals surface area contributed by atoms with Crippen molar-refractivity contribution in [1.29, 1.82) is 0 Å². The zero-order valence-electron chi connectivity index (χ0n) is 17.9. The molecule has 0 aliphatic carbocycles. The smallest absolute Gasteiger partial charge is 0.206 e. The number of alkyl halides is 3. The van der Waals surface area contributed by atoms with Gasteiger partial charge in [0.05, 0.1) is 5.56 Å². The van der Waals surface area contributed by atoms with Crippen molar-refractivity contribution in [3.63, 3.8) is 0 Å². The quantitative estimate of drug-likeness (QED) is 0.180. The first-order valence-corrected chi connectivity index (χ1v) is 10.1. The minimum atomic E-state index is -5.17. The summed E-state index contributed by atoms with van der Waals surface area (Å²) in [6.45, 7) is 1.56. The van der Waals surface area contributed by atoms with Crippen LogP contribution in [0.1, 0.15) is 33.4 Å². The Bertz CT molecular complexity index is 1540. The monoisotopic (exact) mass is 482 g/mol. The van der Waals surface area contributed by atoms with Gasteiger partial charge in [-0.2, -0.15) is 13.2 Å². The molecule has 0 aliphatic heterocycles. The molecule has 0 unspecified atom stereocenters. The zero-order chi connectivity index (χ0) is 25.3. The van der Waals surface area contributed by atoms with Crippen molar-refractivity contribution in [3.8, 4) is 23.7 Å². The minimum absolute atomic E-state index is 0.272. The number of rotatable bonds is 0. The van der Waals surface area contributed by atoms with E-state index < -0.39 is 35.0 Å². The largest absolute Gasteiger partial charge is 0.422 e. The first kappa shape index (κ1) is 23.9. The molecule has 0 aromatic heterocycles. The van der Waals surface area contributed by atoms with Gasteiger partial charge in [-0.25, -0.2) is 17.6 Å². The van der Waals surface area contributed by atoms with Gasteiger partial charge in [0, 0.05) is 16.7 Å². The molecule has 7 heteroatoms. The number of halogens is 7. The maximum atomic E-state index is 14.1. The summed E-state index contributed by atoms with van der Waals surface area (Å²) < 4.78 is 94.2. The standard InChI is InChI=1S/C28H13F7/c1-16-12-23(29)22(24(30)13-16)11-10-19-9-8-18(20-4-2-3-5-21(19)20)7-6-17-14-25(31)27(26(32)15-17)28(33,34)35/h2-5,8-9,12-15H,1H3. The Balaban J connectivity index is 1.76. The van der Waals surface area contributed by atoms with E-state index in [1.165, 1.54) is 12.1 Å². The van der Waals surface area contributed by atoms with Crippen molar-refractivity contribution in [3.05, 3.63) is 117 Å². The fourth-order valence-electron chi connectivity index (χ4n) is 3.52. The lowest BCUT2D eigenvalue weighted by atomic mass is 9.99. The van der Waals surface area contributed by atoms with Gasteiger partial charge in [0.25, 0.3) is 0 Å². The van der Waals surface area contributed by atoms with Crippen LogP contribution in [0.3, 0.4) is 0 Å². The van der Waals surface area contributed by atoms with Crippen LogP contribution >= 0.6 is 0 Å². The number of hydrogen-bond donors (Lipinski definition) is 0. The highest BCUT2D eigenvalue weighted by Gasteiger charge is 2.37. The average molecular weight is 482 g/mol. The summed E-state index contributed by atoms with van der Waals surface area (Å²) >= 11 is 0. The molecule has 0 saturated carbocycles. The van der Waals surface area contributed by atoms with E-state index in [1.54, 1.807) is 43.3 Å². The summed E-state index contributed by atoms with van der Waals surface area (Å²) in [7, 11) is 0. The van der Waals surface area contributed by atoms with Crippen LogP contribution in [0.4, 0.5) is 30.7 Å². The van der Waals surface area contributed by atoms with Crippen LogP contribution in [-0.2, 0) is 6.18 Å². The molecule has 174 valence electrons. The molecule has 0 saturated heterocycles. The van der Waals surface area contributed by atoms with E-state index in [9.17, 15) is 30.7 Å². The lowest BCUT2D eigenvalue weighted by Crippen LogP contribution is -2.11. The average Bonchev–Trinajstić information content (AvgIpc) is 2.76. The minimum Gasteiger partial charge on any atom is -0.206 e. The van der Waals surface area contributed by atoms with Gasteiger partial charge in [-0.1, -0.05) is 47.9 Å². The predicted molar refractivity (Wildman–Crippen MR) is 118 cm³/mol. The van der Waals surface area contributed by atoms with Crippen LogP contribution in [0.15, 0.2) is 60.7 Å². The molecule has 0 bridgehead atoms. The van der Waals surface area contributed by atoms with Gasteiger partial charge in [0.1, 0.15) is 28.8 Å². The SMILES string of the molecule is Cc1cc(F)c(C#Cc2ccc(C#Cc3cc(F)c(C(F)(F)F)c(F)c3)c3ccccc23)c(F)c1. The van der Waals surface area contributed by atoms with Crippen LogP contribution in [0, 0.1) is 53.9 Å². The molecule has 0 N–H and O–H groups in total. The van der Waals surface area contributed by atoms with E-state index >= 15 is 0 Å². The molecule has 4 aromatic rings. The summed E-state index contributed by atoms with van der Waals surface area (Å²) in [5.41, 5.74) is -1.32. The van der Waals surface area contributed by atoms with E-state index in [0.29, 0.717) is 39.6 Å².